The van der Waals surface area contributed by atoms with E-state index in [-0.39, 0.29) is 36.1 Å². The molecular formula is C34H29ClN4O4. The fourth-order valence-electron chi connectivity index (χ4n) is 6.04. The van der Waals surface area contributed by atoms with Crippen LogP contribution < -0.4 is 14.4 Å². The predicted octanol–water partition coefficient (Wildman–Crippen LogP) is 7.00. The van der Waals surface area contributed by atoms with E-state index in [0.717, 1.165) is 34.8 Å². The predicted molar refractivity (Wildman–Crippen MR) is 167 cm³/mol. The van der Waals surface area contributed by atoms with Gasteiger partial charge in [-0.25, -0.2) is 9.88 Å². The first-order chi connectivity index (χ1) is 20.6. The molecule has 1 aliphatic carbocycles. The zero-order chi connectivity index (χ0) is 28.8. The zero-order valence-corrected chi connectivity index (χ0v) is 24.4. The Bertz CT molecular complexity index is 1810. The number of imide groups is 1. The molecule has 216 valence electrons. The highest BCUT2D eigenvalue weighted by atomic mass is 35.5. The average molecular weight is 593 g/mol. The molecule has 7 rings (SSSR count). The Morgan fingerprint density at radius 2 is 1.56 bits per heavy atom. The average Bonchev–Trinajstić information content (AvgIpc) is 3.84. The highest BCUT2D eigenvalue weighted by molar-refractivity contribution is 6.34. The Morgan fingerprint density at radius 1 is 0.837 bits per heavy atom. The van der Waals surface area contributed by atoms with Crippen LogP contribution in [0.3, 0.4) is 0 Å². The molecule has 2 atom stereocenters. The maximum Gasteiger partial charge on any atom is 0.266 e. The number of amides is 2. The van der Waals surface area contributed by atoms with Crippen LogP contribution in [0.4, 0.5) is 5.69 Å². The van der Waals surface area contributed by atoms with Gasteiger partial charge in [-0.15, -0.1) is 12.4 Å². The first kappa shape index (κ1) is 28.1. The van der Waals surface area contributed by atoms with Crippen molar-refractivity contribution in [3.05, 3.63) is 126 Å². The summed E-state index contributed by atoms with van der Waals surface area (Å²) in [6.45, 7) is 0. The van der Waals surface area contributed by atoms with Gasteiger partial charge in [0.25, 0.3) is 11.8 Å². The lowest BCUT2D eigenvalue weighted by atomic mass is 9.87. The minimum Gasteiger partial charge on any atom is -0.493 e. The molecule has 1 aliphatic heterocycles. The number of fused-ring (bicyclic) bond motifs is 1. The monoisotopic (exact) mass is 592 g/mol. The summed E-state index contributed by atoms with van der Waals surface area (Å²) in [5, 5.41) is 0. The quantitative estimate of drug-likeness (QED) is 0.198. The number of nitrogens with zero attached hydrogens (tertiary/aromatic N) is 2. The van der Waals surface area contributed by atoms with Crippen LogP contribution in [0.25, 0.3) is 16.8 Å². The summed E-state index contributed by atoms with van der Waals surface area (Å²) < 4.78 is 11.1. The number of allylic oxidation sites excluding steroid dienone is 2. The molecule has 0 bridgehead atoms. The molecular weight excluding hydrogens is 564 g/mol. The molecule has 43 heavy (non-hydrogen) atoms. The number of benzene rings is 3. The summed E-state index contributed by atoms with van der Waals surface area (Å²) in [5.41, 5.74) is 6.61. The number of rotatable bonds is 7. The van der Waals surface area contributed by atoms with E-state index in [0.29, 0.717) is 28.3 Å². The van der Waals surface area contributed by atoms with Crippen molar-refractivity contribution in [1.82, 2.24) is 15.0 Å². The number of halogens is 1. The smallest absolute Gasteiger partial charge is 0.266 e. The number of aromatic amines is 2. The number of methoxy groups -OCH3 is 2. The number of anilines is 1. The number of carbonyl (C=O) groups excluding carboxylic acids is 2. The van der Waals surface area contributed by atoms with Gasteiger partial charge in [0.2, 0.25) is 0 Å². The van der Waals surface area contributed by atoms with Crippen LogP contribution in [0.5, 0.6) is 11.5 Å². The molecule has 0 saturated heterocycles. The molecule has 3 aromatic carbocycles. The van der Waals surface area contributed by atoms with Crippen molar-refractivity contribution in [1.29, 1.82) is 0 Å². The highest BCUT2D eigenvalue weighted by Gasteiger charge is 2.36. The molecule has 2 aliphatic rings. The van der Waals surface area contributed by atoms with Gasteiger partial charge in [-0.05, 0) is 71.7 Å². The van der Waals surface area contributed by atoms with Crippen LogP contribution >= 0.6 is 12.4 Å². The van der Waals surface area contributed by atoms with Crippen molar-refractivity contribution in [2.75, 3.05) is 19.1 Å². The maximum absolute atomic E-state index is 12.9. The number of ether oxygens (including phenoxy) is 2. The van der Waals surface area contributed by atoms with Crippen molar-refractivity contribution in [2.24, 2.45) is 0 Å². The summed E-state index contributed by atoms with van der Waals surface area (Å²) in [5.74, 6) is 1.78. The Labute approximate surface area is 254 Å². The largest absolute Gasteiger partial charge is 0.493 e. The van der Waals surface area contributed by atoms with Gasteiger partial charge in [0.1, 0.15) is 5.82 Å². The van der Waals surface area contributed by atoms with Gasteiger partial charge in [0.05, 0.1) is 42.9 Å². The van der Waals surface area contributed by atoms with Crippen LogP contribution in [0.2, 0.25) is 0 Å². The number of aromatic nitrogens is 3. The molecule has 3 heterocycles. The van der Waals surface area contributed by atoms with E-state index in [2.05, 4.69) is 28.2 Å². The Morgan fingerprint density at radius 3 is 2.21 bits per heavy atom. The Hall–Kier alpha value is -5.08. The highest BCUT2D eigenvalue weighted by Crippen LogP contribution is 2.48. The fourth-order valence-corrected chi connectivity index (χ4v) is 6.04. The molecule has 0 radical (unpaired) electrons. The van der Waals surface area contributed by atoms with Crippen LogP contribution in [0, 0.1) is 0 Å². The number of hydrogen-bond donors (Lipinski definition) is 2. The third kappa shape index (κ3) is 4.79. The van der Waals surface area contributed by atoms with Gasteiger partial charge in [0.15, 0.2) is 11.5 Å². The maximum atomic E-state index is 12.9. The summed E-state index contributed by atoms with van der Waals surface area (Å²) in [6.07, 6.45) is 6.89. The van der Waals surface area contributed by atoms with E-state index in [1.54, 1.807) is 50.6 Å². The van der Waals surface area contributed by atoms with Crippen molar-refractivity contribution < 1.29 is 19.1 Å². The van der Waals surface area contributed by atoms with Gasteiger partial charge in [-0.1, -0.05) is 36.4 Å². The third-order valence-corrected chi connectivity index (χ3v) is 8.18. The molecule has 0 spiro atoms. The van der Waals surface area contributed by atoms with Gasteiger partial charge in [-0.3, -0.25) is 9.59 Å². The van der Waals surface area contributed by atoms with E-state index in [9.17, 15) is 9.59 Å². The Kier molecular flexibility index (Phi) is 7.38. The van der Waals surface area contributed by atoms with Crippen molar-refractivity contribution >= 4 is 35.5 Å². The van der Waals surface area contributed by atoms with Gasteiger partial charge in [-0.2, -0.15) is 0 Å². The van der Waals surface area contributed by atoms with Crippen molar-refractivity contribution in [2.45, 2.75) is 18.3 Å². The summed E-state index contributed by atoms with van der Waals surface area (Å²) in [7, 11) is 3.28. The molecule has 2 aromatic heterocycles. The molecule has 9 heteroatoms. The molecule has 0 saturated carbocycles. The summed E-state index contributed by atoms with van der Waals surface area (Å²) in [6, 6.07) is 24.5. The van der Waals surface area contributed by atoms with Crippen molar-refractivity contribution in [3.63, 3.8) is 0 Å². The number of nitrogens with one attached hydrogen (secondary N) is 2. The summed E-state index contributed by atoms with van der Waals surface area (Å²) in [4.78, 5) is 38.7. The molecule has 0 fully saturated rings. The number of hydrogen-bond acceptors (Lipinski definition) is 5. The first-order valence-electron chi connectivity index (χ1n) is 13.7. The Balaban J connectivity index is 0.00000329. The van der Waals surface area contributed by atoms with E-state index >= 15 is 0 Å². The van der Waals surface area contributed by atoms with Gasteiger partial charge in [0, 0.05) is 23.7 Å². The van der Waals surface area contributed by atoms with Crippen LogP contribution in [-0.4, -0.2) is 41.0 Å². The topological polar surface area (TPSA) is 100 Å². The fraction of sp³-hybridized carbons (Fsp3) is 0.147. The molecule has 5 aromatic rings. The van der Waals surface area contributed by atoms with Crippen LogP contribution in [-0.2, 0) is 0 Å². The minimum atomic E-state index is -0.306. The number of imidazole rings is 1. The van der Waals surface area contributed by atoms with E-state index < -0.39 is 0 Å². The van der Waals surface area contributed by atoms with Crippen molar-refractivity contribution in [3.8, 4) is 22.8 Å². The van der Waals surface area contributed by atoms with E-state index in [4.69, 9.17) is 14.5 Å². The van der Waals surface area contributed by atoms with Gasteiger partial charge < -0.3 is 19.4 Å². The second kappa shape index (κ2) is 11.3. The van der Waals surface area contributed by atoms with Gasteiger partial charge >= 0.3 is 0 Å². The van der Waals surface area contributed by atoms with Crippen LogP contribution in [0.15, 0.2) is 97.3 Å². The summed E-state index contributed by atoms with van der Waals surface area (Å²) >= 11 is 0. The first-order valence-corrected chi connectivity index (χ1v) is 13.7. The number of carbonyl (C=O) groups is 2. The second-order valence-corrected chi connectivity index (χ2v) is 10.4. The molecule has 8 nitrogen and oxygen atoms in total. The standard InChI is InChI=1S/C34H28N4O4.ClH/c1-41-30-14-11-21(18-31(30)42-2)26-16-22(28-8-5-15-35-28)17-27(26)32-36-19-29(37-32)20-9-12-23(13-10-20)38-33(39)24-6-3-4-7-25(24)34(38)40;/h3-15,17-19,26-27,35H,16H2,1-2H3,(H,36,37);1H. The van der Waals surface area contributed by atoms with E-state index in [1.807, 2.05) is 42.7 Å². The zero-order valence-electron chi connectivity index (χ0n) is 23.5. The lowest BCUT2D eigenvalue weighted by Gasteiger charge is -2.20. The molecule has 2 unspecified atom stereocenters. The SMILES string of the molecule is COc1ccc(C2CC(c3ccc[nH]3)=CC2c2ncc(-c3ccc(N4C(=O)c5ccccc5C4=O)cc3)[nH]2)cc1OC.Cl. The second-order valence-electron chi connectivity index (χ2n) is 10.4. The lowest BCUT2D eigenvalue weighted by molar-refractivity contribution is 0.0926. The van der Waals surface area contributed by atoms with E-state index in [1.165, 1.54) is 10.5 Å². The minimum absolute atomic E-state index is 0. The molecule has 2 amide bonds. The lowest BCUT2D eigenvalue weighted by Crippen LogP contribution is -2.29. The molecule has 2 N–H and O–H groups in total. The third-order valence-electron chi connectivity index (χ3n) is 8.18. The number of H-pyrrole nitrogens is 2. The normalized spacial score (nSPS) is 17.4. The van der Waals surface area contributed by atoms with Crippen LogP contribution in [0.1, 0.15) is 56.1 Å².